The summed E-state index contributed by atoms with van der Waals surface area (Å²) in [4.78, 5) is 0. The Hall–Kier alpha value is 0.270. The van der Waals surface area contributed by atoms with E-state index in [4.69, 9.17) is 18.4 Å². The van der Waals surface area contributed by atoms with E-state index >= 15 is 0 Å². The van der Waals surface area contributed by atoms with Gasteiger partial charge in [-0.05, 0) is 44.4 Å². The summed E-state index contributed by atoms with van der Waals surface area (Å²) < 4.78 is -0.255. The van der Waals surface area contributed by atoms with Gasteiger partial charge in [0.15, 0.2) is 0 Å². The number of hydrogen-bond donors (Lipinski definition) is 3. The van der Waals surface area contributed by atoms with Gasteiger partial charge >= 0.3 is 0 Å². The van der Waals surface area contributed by atoms with Crippen LogP contribution in [0.4, 0.5) is 0 Å². The SMILES string of the molecule is CC(N)C(O)C(S)(C1CCCCC1)C1CCCCC1. The highest BCUT2D eigenvalue weighted by molar-refractivity contribution is 7.82. The van der Waals surface area contributed by atoms with Gasteiger partial charge in [0, 0.05) is 10.8 Å². The summed E-state index contributed by atoms with van der Waals surface area (Å²) in [5.41, 5.74) is 6.04. The molecule has 0 aromatic heterocycles. The zero-order valence-corrected chi connectivity index (χ0v) is 13.2. The Bertz CT molecular complexity index is 252. The molecule has 2 aliphatic carbocycles. The lowest BCUT2D eigenvalue weighted by molar-refractivity contribution is 0.0251. The lowest BCUT2D eigenvalue weighted by atomic mass is 9.65. The van der Waals surface area contributed by atoms with E-state index in [0.717, 1.165) is 0 Å². The largest absolute Gasteiger partial charge is 0.390 e. The Balaban J connectivity index is 2.19. The highest BCUT2D eigenvalue weighted by atomic mass is 32.1. The van der Waals surface area contributed by atoms with Crippen molar-refractivity contribution in [1.29, 1.82) is 0 Å². The van der Waals surface area contributed by atoms with E-state index in [1.165, 1.54) is 64.2 Å². The van der Waals surface area contributed by atoms with Crippen LogP contribution < -0.4 is 5.73 Å². The maximum atomic E-state index is 10.7. The predicted octanol–water partition coefficient (Wildman–Crippen LogP) is 3.52. The fraction of sp³-hybridized carbons (Fsp3) is 1.00. The number of aliphatic hydroxyl groups excluding tert-OH is 1. The van der Waals surface area contributed by atoms with E-state index in [1.54, 1.807) is 0 Å². The summed E-state index contributed by atoms with van der Waals surface area (Å²) in [6.45, 7) is 1.93. The van der Waals surface area contributed by atoms with Crippen LogP contribution in [0.2, 0.25) is 0 Å². The van der Waals surface area contributed by atoms with E-state index < -0.39 is 6.10 Å². The van der Waals surface area contributed by atoms with Crippen molar-refractivity contribution in [2.45, 2.75) is 88.0 Å². The first-order valence-electron chi connectivity index (χ1n) is 8.22. The van der Waals surface area contributed by atoms with Gasteiger partial charge in [0.1, 0.15) is 0 Å². The van der Waals surface area contributed by atoms with Crippen LogP contribution >= 0.6 is 12.6 Å². The van der Waals surface area contributed by atoms with Crippen molar-refractivity contribution >= 4 is 12.6 Å². The molecule has 0 bridgehead atoms. The van der Waals surface area contributed by atoms with E-state index in [-0.39, 0.29) is 10.8 Å². The Morgan fingerprint density at radius 3 is 1.63 bits per heavy atom. The van der Waals surface area contributed by atoms with Crippen molar-refractivity contribution in [3.05, 3.63) is 0 Å². The topological polar surface area (TPSA) is 46.2 Å². The molecular formula is C16H31NOS. The second-order valence-electron chi connectivity index (χ2n) is 6.86. The van der Waals surface area contributed by atoms with Crippen molar-refractivity contribution in [1.82, 2.24) is 0 Å². The van der Waals surface area contributed by atoms with Gasteiger partial charge in [-0.25, -0.2) is 0 Å². The second kappa shape index (κ2) is 6.82. The monoisotopic (exact) mass is 285 g/mol. The molecule has 0 radical (unpaired) electrons. The Morgan fingerprint density at radius 1 is 0.947 bits per heavy atom. The number of aliphatic hydroxyl groups is 1. The van der Waals surface area contributed by atoms with Gasteiger partial charge in [-0.3, -0.25) is 0 Å². The smallest absolute Gasteiger partial charge is 0.0837 e. The first-order chi connectivity index (χ1) is 9.06. The molecule has 3 heteroatoms. The maximum absolute atomic E-state index is 10.7. The minimum atomic E-state index is -0.470. The third-order valence-electron chi connectivity index (χ3n) is 5.49. The predicted molar refractivity (Wildman–Crippen MR) is 84.5 cm³/mol. The third kappa shape index (κ3) is 3.30. The van der Waals surface area contributed by atoms with Crippen LogP contribution in [0.25, 0.3) is 0 Å². The average Bonchev–Trinajstić information content (AvgIpc) is 2.47. The first-order valence-corrected chi connectivity index (χ1v) is 8.67. The molecule has 0 amide bonds. The van der Waals surface area contributed by atoms with Crippen molar-refractivity contribution in [3.8, 4) is 0 Å². The Morgan fingerprint density at radius 2 is 1.32 bits per heavy atom. The highest BCUT2D eigenvalue weighted by Gasteiger charge is 2.48. The summed E-state index contributed by atoms with van der Waals surface area (Å²) in [6.07, 6.45) is 12.3. The number of nitrogens with two attached hydrogens (primary N) is 1. The molecule has 112 valence electrons. The summed E-state index contributed by atoms with van der Waals surface area (Å²) in [5.74, 6) is 1.10. The summed E-state index contributed by atoms with van der Waals surface area (Å²) in [7, 11) is 0. The minimum absolute atomic E-state index is 0.179. The second-order valence-corrected chi connectivity index (χ2v) is 7.64. The van der Waals surface area contributed by atoms with Gasteiger partial charge in [0.25, 0.3) is 0 Å². The van der Waals surface area contributed by atoms with Crippen molar-refractivity contribution < 1.29 is 5.11 Å². The van der Waals surface area contributed by atoms with E-state index in [1.807, 2.05) is 6.92 Å². The van der Waals surface area contributed by atoms with E-state index in [2.05, 4.69) is 0 Å². The molecule has 0 saturated heterocycles. The molecule has 3 N–H and O–H groups in total. The molecule has 2 rings (SSSR count). The molecule has 0 aliphatic heterocycles. The van der Waals surface area contributed by atoms with E-state index in [0.29, 0.717) is 11.8 Å². The van der Waals surface area contributed by atoms with Crippen molar-refractivity contribution in [2.75, 3.05) is 0 Å². The van der Waals surface area contributed by atoms with Crippen LogP contribution in [0, 0.1) is 11.8 Å². The van der Waals surface area contributed by atoms with Crippen LogP contribution in [-0.2, 0) is 0 Å². The maximum Gasteiger partial charge on any atom is 0.0837 e. The minimum Gasteiger partial charge on any atom is -0.390 e. The van der Waals surface area contributed by atoms with Crippen LogP contribution in [-0.4, -0.2) is 22.0 Å². The lowest BCUT2D eigenvalue weighted by Crippen LogP contribution is -2.57. The highest BCUT2D eigenvalue weighted by Crippen LogP contribution is 2.49. The van der Waals surface area contributed by atoms with Gasteiger partial charge in [-0.1, -0.05) is 38.5 Å². The molecule has 0 aromatic rings. The van der Waals surface area contributed by atoms with Gasteiger partial charge in [-0.2, -0.15) is 12.6 Å². The van der Waals surface area contributed by atoms with Gasteiger partial charge in [0.05, 0.1) is 6.10 Å². The third-order valence-corrected chi connectivity index (χ3v) is 6.48. The van der Waals surface area contributed by atoms with Gasteiger partial charge < -0.3 is 10.8 Å². The number of rotatable bonds is 4. The molecule has 2 unspecified atom stereocenters. The fourth-order valence-corrected chi connectivity index (χ4v) is 5.12. The summed E-state index contributed by atoms with van der Waals surface area (Å²) >= 11 is 5.11. The molecule has 0 aromatic carbocycles. The zero-order chi connectivity index (χ0) is 13.9. The van der Waals surface area contributed by atoms with Gasteiger partial charge in [-0.15, -0.1) is 0 Å². The van der Waals surface area contributed by atoms with Gasteiger partial charge in [0.2, 0.25) is 0 Å². The van der Waals surface area contributed by atoms with E-state index in [9.17, 15) is 5.11 Å². The molecule has 2 nitrogen and oxygen atoms in total. The standard InChI is InChI=1S/C16H31NOS/c1-12(17)15(18)16(19,13-8-4-2-5-9-13)14-10-6-3-7-11-14/h12-15,18-19H,2-11,17H2,1H3. The molecule has 19 heavy (non-hydrogen) atoms. The zero-order valence-electron chi connectivity index (χ0n) is 12.4. The van der Waals surface area contributed by atoms with Crippen LogP contribution in [0.1, 0.15) is 71.1 Å². The fourth-order valence-electron chi connectivity index (χ4n) is 4.37. The average molecular weight is 285 g/mol. The van der Waals surface area contributed by atoms with Crippen LogP contribution in [0.3, 0.4) is 0 Å². The van der Waals surface area contributed by atoms with Crippen molar-refractivity contribution in [3.63, 3.8) is 0 Å². The molecule has 2 aliphatic rings. The normalized spacial score (nSPS) is 27.2. The molecule has 2 saturated carbocycles. The molecule has 2 fully saturated rings. The quantitative estimate of drug-likeness (QED) is 0.692. The molecule has 2 atom stereocenters. The van der Waals surface area contributed by atoms with Crippen molar-refractivity contribution in [2.24, 2.45) is 17.6 Å². The Labute approximate surface area is 123 Å². The molecular weight excluding hydrogens is 254 g/mol. The Kier molecular flexibility index (Phi) is 5.62. The van der Waals surface area contributed by atoms with Crippen LogP contribution in [0.5, 0.6) is 0 Å². The first kappa shape index (κ1) is 15.7. The summed E-state index contributed by atoms with van der Waals surface area (Å²) in [6, 6.07) is -0.179. The number of thiol groups is 1. The molecule has 0 spiro atoms. The van der Waals surface area contributed by atoms with Crippen LogP contribution in [0.15, 0.2) is 0 Å². The summed E-state index contributed by atoms with van der Waals surface area (Å²) in [5, 5.41) is 10.7. The lowest BCUT2D eigenvalue weighted by Gasteiger charge is -2.50. The molecule has 0 heterocycles. The number of hydrogen-bond acceptors (Lipinski definition) is 3.